The first-order chi connectivity index (χ1) is 15.8. The van der Waals surface area contributed by atoms with E-state index in [0.717, 1.165) is 0 Å². The molecule has 11 nitrogen and oxygen atoms in total. The smallest absolute Gasteiger partial charge is 0.388 e. The lowest BCUT2D eigenvalue weighted by molar-refractivity contribution is -0.224. The van der Waals surface area contributed by atoms with E-state index in [1.54, 1.807) is 12.4 Å². The van der Waals surface area contributed by atoms with E-state index >= 15 is 0 Å². The molecule has 3 N–H and O–H groups in total. The SMILES string of the molecule is COCCOCCOCCOCCOCCOCC1O[C@H](O)C[C@H](NC(=O)C(F)(F)F)[C@@H]1O. The summed E-state index contributed by atoms with van der Waals surface area (Å²) in [5.74, 6) is -2.20. The first-order valence-electron chi connectivity index (χ1n) is 10.5. The molecule has 1 unspecified atom stereocenters. The molecule has 0 aromatic carbocycles. The third-order valence-electron chi connectivity index (χ3n) is 4.36. The first-order valence-corrected chi connectivity index (χ1v) is 10.5. The van der Waals surface area contributed by atoms with Crippen LogP contribution in [-0.2, 0) is 38.0 Å². The number of carbonyl (C=O) groups excluding carboxylic acids is 1. The minimum atomic E-state index is -5.10. The van der Waals surface area contributed by atoms with Crippen molar-refractivity contribution in [3.63, 3.8) is 0 Å². The van der Waals surface area contributed by atoms with Gasteiger partial charge in [-0.15, -0.1) is 0 Å². The molecule has 196 valence electrons. The second-order valence-corrected chi connectivity index (χ2v) is 6.95. The average molecular weight is 493 g/mol. The van der Waals surface area contributed by atoms with E-state index in [0.29, 0.717) is 52.9 Å². The molecule has 4 atom stereocenters. The fourth-order valence-corrected chi connectivity index (χ4v) is 2.71. The third-order valence-corrected chi connectivity index (χ3v) is 4.36. The highest BCUT2D eigenvalue weighted by molar-refractivity contribution is 5.82. The van der Waals surface area contributed by atoms with Gasteiger partial charge in [0.15, 0.2) is 6.29 Å². The molecule has 1 aliphatic heterocycles. The number of nitrogens with one attached hydrogen (secondary N) is 1. The number of ether oxygens (including phenoxy) is 7. The van der Waals surface area contributed by atoms with Crippen molar-refractivity contribution in [2.24, 2.45) is 0 Å². The molecule has 0 aromatic heterocycles. The summed E-state index contributed by atoms with van der Waals surface area (Å²) in [6, 6.07) is -1.32. The van der Waals surface area contributed by atoms with Crippen LogP contribution in [0, 0.1) is 0 Å². The molecule has 33 heavy (non-hydrogen) atoms. The van der Waals surface area contributed by atoms with Gasteiger partial charge in [-0.25, -0.2) is 0 Å². The molecule has 0 spiro atoms. The van der Waals surface area contributed by atoms with Gasteiger partial charge in [0, 0.05) is 13.5 Å². The van der Waals surface area contributed by atoms with Crippen LogP contribution < -0.4 is 5.32 Å². The van der Waals surface area contributed by atoms with Gasteiger partial charge in [-0.3, -0.25) is 4.79 Å². The van der Waals surface area contributed by atoms with Crippen LogP contribution in [0.4, 0.5) is 13.2 Å². The van der Waals surface area contributed by atoms with E-state index in [1.807, 2.05) is 0 Å². The van der Waals surface area contributed by atoms with Crippen LogP contribution in [-0.4, -0.2) is 127 Å². The Balaban J connectivity index is 2.01. The monoisotopic (exact) mass is 493 g/mol. The molecule has 1 amide bonds. The van der Waals surface area contributed by atoms with Gasteiger partial charge in [0.1, 0.15) is 12.2 Å². The molecule has 1 saturated heterocycles. The second-order valence-electron chi connectivity index (χ2n) is 6.95. The van der Waals surface area contributed by atoms with Crippen molar-refractivity contribution in [2.75, 3.05) is 79.8 Å². The van der Waals surface area contributed by atoms with E-state index in [9.17, 15) is 28.2 Å². The van der Waals surface area contributed by atoms with Gasteiger partial charge >= 0.3 is 12.1 Å². The summed E-state index contributed by atoms with van der Waals surface area (Å²) in [6.07, 6.45) is -9.51. The number of aliphatic hydroxyl groups is 2. The summed E-state index contributed by atoms with van der Waals surface area (Å²) in [5, 5.41) is 21.4. The highest BCUT2D eigenvalue weighted by Gasteiger charge is 2.44. The van der Waals surface area contributed by atoms with Crippen LogP contribution in [0.2, 0.25) is 0 Å². The van der Waals surface area contributed by atoms with Crippen LogP contribution in [0.15, 0.2) is 0 Å². The van der Waals surface area contributed by atoms with E-state index < -0.39 is 36.6 Å². The van der Waals surface area contributed by atoms with Gasteiger partial charge in [0.25, 0.3) is 0 Å². The zero-order chi connectivity index (χ0) is 24.5. The van der Waals surface area contributed by atoms with Gasteiger partial charge in [-0.05, 0) is 0 Å². The van der Waals surface area contributed by atoms with Crippen molar-refractivity contribution in [1.29, 1.82) is 0 Å². The van der Waals surface area contributed by atoms with Crippen molar-refractivity contribution in [3.8, 4) is 0 Å². The molecule has 1 fully saturated rings. The molecule has 0 aliphatic carbocycles. The molecule has 1 rings (SSSR count). The van der Waals surface area contributed by atoms with Crippen molar-refractivity contribution in [1.82, 2.24) is 5.32 Å². The van der Waals surface area contributed by atoms with Crippen LogP contribution in [0.5, 0.6) is 0 Å². The summed E-state index contributed by atoms with van der Waals surface area (Å²) in [4.78, 5) is 11.1. The first kappa shape index (κ1) is 29.9. The summed E-state index contributed by atoms with van der Waals surface area (Å²) in [7, 11) is 1.60. The summed E-state index contributed by atoms with van der Waals surface area (Å²) >= 11 is 0. The van der Waals surface area contributed by atoms with Crippen molar-refractivity contribution >= 4 is 5.91 Å². The molecule has 0 saturated carbocycles. The highest BCUT2D eigenvalue weighted by Crippen LogP contribution is 2.22. The fraction of sp³-hybridized carbons (Fsp3) is 0.947. The lowest BCUT2D eigenvalue weighted by Gasteiger charge is -2.37. The van der Waals surface area contributed by atoms with Crippen LogP contribution in [0.3, 0.4) is 0 Å². The lowest BCUT2D eigenvalue weighted by atomic mass is 9.99. The van der Waals surface area contributed by atoms with Gasteiger partial charge in [0.05, 0.1) is 78.7 Å². The van der Waals surface area contributed by atoms with Gasteiger partial charge in [-0.1, -0.05) is 0 Å². The van der Waals surface area contributed by atoms with Crippen molar-refractivity contribution in [2.45, 2.75) is 37.1 Å². The minimum absolute atomic E-state index is 0.119. The Morgan fingerprint density at radius 3 is 1.79 bits per heavy atom. The Kier molecular flexibility index (Phi) is 15.7. The van der Waals surface area contributed by atoms with Crippen LogP contribution in [0.25, 0.3) is 0 Å². The maximum Gasteiger partial charge on any atom is 0.471 e. The Morgan fingerprint density at radius 2 is 1.33 bits per heavy atom. The molecule has 0 aromatic rings. The number of halogens is 3. The predicted octanol–water partition coefficient (Wildman–Crippen LogP) is -0.769. The van der Waals surface area contributed by atoms with E-state index in [2.05, 4.69) is 0 Å². The summed E-state index contributed by atoms with van der Waals surface area (Å²) in [6.45, 7) is 3.63. The number of alkyl halides is 3. The summed E-state index contributed by atoms with van der Waals surface area (Å²) < 4.78 is 73.6. The molecular weight excluding hydrogens is 459 g/mol. The predicted molar refractivity (Wildman–Crippen MR) is 105 cm³/mol. The number of aliphatic hydroxyl groups excluding tert-OH is 2. The fourth-order valence-electron chi connectivity index (χ4n) is 2.71. The molecule has 0 radical (unpaired) electrons. The number of hydrogen-bond acceptors (Lipinski definition) is 10. The lowest BCUT2D eigenvalue weighted by Crippen LogP contribution is -2.58. The quantitative estimate of drug-likeness (QED) is 0.209. The Hall–Kier alpha value is -1.10. The van der Waals surface area contributed by atoms with Crippen molar-refractivity contribution < 1.29 is 61.3 Å². The van der Waals surface area contributed by atoms with E-state index in [1.165, 1.54) is 0 Å². The molecule has 1 aliphatic rings. The number of amides is 1. The second kappa shape index (κ2) is 17.4. The summed E-state index contributed by atoms with van der Waals surface area (Å²) in [5.41, 5.74) is 0. The number of carbonyl (C=O) groups is 1. The number of methoxy groups -OCH3 is 1. The van der Waals surface area contributed by atoms with Crippen molar-refractivity contribution in [3.05, 3.63) is 0 Å². The van der Waals surface area contributed by atoms with Gasteiger partial charge < -0.3 is 48.7 Å². The van der Waals surface area contributed by atoms with Gasteiger partial charge in [0.2, 0.25) is 0 Å². The molecule has 0 bridgehead atoms. The average Bonchev–Trinajstić information content (AvgIpc) is 2.75. The maximum absolute atomic E-state index is 12.4. The minimum Gasteiger partial charge on any atom is -0.388 e. The topological polar surface area (TPSA) is 134 Å². The van der Waals surface area contributed by atoms with E-state index in [4.69, 9.17) is 33.2 Å². The number of rotatable bonds is 18. The standard InChI is InChI=1S/C19H34F3NO10/c1-27-2-3-28-4-5-29-6-7-30-8-9-31-10-11-32-13-15-17(25)14(12-16(24)33-15)23-18(26)19(20,21)22/h14-17,24-25H,2-13H2,1H3,(H,23,26)/t14-,15?,16-,17-/m0/s1. The normalized spacial score (nSPS) is 23.6. The molecule has 1 heterocycles. The Bertz CT molecular complexity index is 515. The molecular formula is C19H34F3NO10. The number of hydrogen-bond donors (Lipinski definition) is 3. The maximum atomic E-state index is 12.4. The zero-order valence-corrected chi connectivity index (χ0v) is 18.6. The third kappa shape index (κ3) is 14.0. The highest BCUT2D eigenvalue weighted by atomic mass is 19.4. The Morgan fingerprint density at radius 1 is 0.879 bits per heavy atom. The van der Waals surface area contributed by atoms with Crippen LogP contribution >= 0.6 is 0 Å². The zero-order valence-electron chi connectivity index (χ0n) is 18.6. The van der Waals surface area contributed by atoms with Gasteiger partial charge in [-0.2, -0.15) is 13.2 Å². The van der Waals surface area contributed by atoms with E-state index in [-0.39, 0.29) is 26.2 Å². The molecule has 14 heteroatoms. The van der Waals surface area contributed by atoms with Crippen LogP contribution in [0.1, 0.15) is 6.42 Å². The Labute approximate surface area is 190 Å². The largest absolute Gasteiger partial charge is 0.471 e.